The molecule has 4 heteroatoms. The third-order valence-electron chi connectivity index (χ3n) is 1.92. The molecule has 1 N–H and O–H groups in total. The maximum atomic E-state index is 10.7. The van der Waals surface area contributed by atoms with Crippen molar-refractivity contribution in [1.82, 2.24) is 0 Å². The van der Waals surface area contributed by atoms with E-state index in [-0.39, 0.29) is 5.92 Å². The second-order valence-electron chi connectivity index (χ2n) is 2.85. The zero-order chi connectivity index (χ0) is 9.84. The molecule has 0 aliphatic carbocycles. The van der Waals surface area contributed by atoms with E-state index in [0.29, 0.717) is 23.3 Å². The summed E-state index contributed by atoms with van der Waals surface area (Å²) in [4.78, 5) is 10.7. The van der Waals surface area contributed by atoms with Gasteiger partial charge >= 0.3 is 5.97 Å². The number of carboxylic acid groups (broad SMARTS) is 1. The zero-order valence-electron chi connectivity index (χ0n) is 7.29. The highest BCUT2D eigenvalue weighted by molar-refractivity contribution is 9.10. The zero-order valence-corrected chi connectivity index (χ0v) is 8.87. The molecule has 1 rings (SSSR count). The first-order chi connectivity index (χ1) is 6.13. The third kappa shape index (κ3) is 2.88. The Kier molecular flexibility index (Phi) is 3.54. The molecular weight excluding hydrogens is 236 g/mol. The normalized spacial score (nSPS) is 12.8. The number of halogens is 1. The van der Waals surface area contributed by atoms with E-state index >= 15 is 0 Å². The number of furan rings is 1. The van der Waals surface area contributed by atoms with Crippen LogP contribution >= 0.6 is 15.9 Å². The molecule has 0 radical (unpaired) electrons. The monoisotopic (exact) mass is 246 g/mol. The van der Waals surface area contributed by atoms with Gasteiger partial charge in [0.1, 0.15) is 5.76 Å². The number of aliphatic carboxylic acids is 1. The molecule has 0 amide bonds. The Hall–Kier alpha value is -0.770. The quantitative estimate of drug-likeness (QED) is 0.889. The van der Waals surface area contributed by atoms with Crippen LogP contribution in [-0.2, 0) is 11.2 Å². The van der Waals surface area contributed by atoms with Gasteiger partial charge in [-0.3, -0.25) is 4.79 Å². The SMILES string of the molecule is CCC(Cc1ccc(Br)o1)C(=O)O. The maximum absolute atomic E-state index is 10.7. The summed E-state index contributed by atoms with van der Waals surface area (Å²) in [5, 5.41) is 8.79. The van der Waals surface area contributed by atoms with Crippen LogP contribution in [0.2, 0.25) is 0 Å². The molecule has 13 heavy (non-hydrogen) atoms. The van der Waals surface area contributed by atoms with E-state index in [4.69, 9.17) is 9.52 Å². The fourth-order valence-electron chi connectivity index (χ4n) is 1.11. The summed E-state index contributed by atoms with van der Waals surface area (Å²) >= 11 is 3.17. The van der Waals surface area contributed by atoms with E-state index < -0.39 is 5.97 Å². The van der Waals surface area contributed by atoms with Crippen molar-refractivity contribution in [2.45, 2.75) is 19.8 Å². The van der Waals surface area contributed by atoms with Gasteiger partial charge in [-0.2, -0.15) is 0 Å². The minimum Gasteiger partial charge on any atom is -0.481 e. The molecule has 0 spiro atoms. The van der Waals surface area contributed by atoms with Crippen LogP contribution in [0.3, 0.4) is 0 Å². The van der Waals surface area contributed by atoms with Crippen molar-refractivity contribution in [3.8, 4) is 0 Å². The van der Waals surface area contributed by atoms with E-state index in [9.17, 15) is 4.79 Å². The Balaban J connectivity index is 2.61. The highest BCUT2D eigenvalue weighted by Gasteiger charge is 2.17. The first-order valence-corrected chi connectivity index (χ1v) is 4.89. The van der Waals surface area contributed by atoms with E-state index in [1.807, 2.05) is 6.92 Å². The van der Waals surface area contributed by atoms with Crippen LogP contribution in [0.4, 0.5) is 0 Å². The van der Waals surface area contributed by atoms with Gasteiger partial charge < -0.3 is 9.52 Å². The van der Waals surface area contributed by atoms with Crippen LogP contribution in [0.25, 0.3) is 0 Å². The minimum absolute atomic E-state index is 0.349. The molecule has 3 nitrogen and oxygen atoms in total. The molecule has 1 heterocycles. The summed E-state index contributed by atoms with van der Waals surface area (Å²) in [5.41, 5.74) is 0. The molecule has 0 saturated heterocycles. The molecule has 0 fully saturated rings. The largest absolute Gasteiger partial charge is 0.481 e. The summed E-state index contributed by atoms with van der Waals surface area (Å²) in [6.45, 7) is 1.86. The smallest absolute Gasteiger partial charge is 0.306 e. The third-order valence-corrected chi connectivity index (χ3v) is 2.34. The predicted molar refractivity (Wildman–Crippen MR) is 51.5 cm³/mol. The summed E-state index contributed by atoms with van der Waals surface area (Å²) in [6.07, 6.45) is 1.07. The standard InChI is InChI=1S/C9H11BrO3/c1-2-6(9(11)12)5-7-3-4-8(10)13-7/h3-4,6H,2,5H2,1H3,(H,11,12). The first kappa shape index (κ1) is 10.3. The van der Waals surface area contributed by atoms with Gasteiger partial charge in [0.05, 0.1) is 5.92 Å². The van der Waals surface area contributed by atoms with Gasteiger partial charge in [0.15, 0.2) is 4.67 Å². The average molecular weight is 247 g/mol. The van der Waals surface area contributed by atoms with Crippen molar-refractivity contribution in [2.24, 2.45) is 5.92 Å². The van der Waals surface area contributed by atoms with Crippen LogP contribution in [0.5, 0.6) is 0 Å². The molecule has 0 aliphatic rings. The molecular formula is C9H11BrO3. The van der Waals surface area contributed by atoms with Gasteiger partial charge in [-0.05, 0) is 34.5 Å². The Bertz CT molecular complexity index is 293. The van der Waals surface area contributed by atoms with E-state index in [1.165, 1.54) is 0 Å². The number of hydrogen-bond acceptors (Lipinski definition) is 2. The second-order valence-corrected chi connectivity index (χ2v) is 3.63. The fraction of sp³-hybridized carbons (Fsp3) is 0.444. The lowest BCUT2D eigenvalue weighted by Gasteiger charge is -2.06. The lowest BCUT2D eigenvalue weighted by molar-refractivity contribution is -0.141. The van der Waals surface area contributed by atoms with Gasteiger partial charge in [0, 0.05) is 6.42 Å². The summed E-state index contributed by atoms with van der Waals surface area (Å²) in [7, 11) is 0. The lowest BCUT2D eigenvalue weighted by Crippen LogP contribution is -2.14. The number of carbonyl (C=O) groups is 1. The molecule has 0 aromatic carbocycles. The van der Waals surface area contributed by atoms with Crippen LogP contribution in [0.15, 0.2) is 21.2 Å². The van der Waals surface area contributed by atoms with Gasteiger partial charge in [-0.25, -0.2) is 0 Å². The van der Waals surface area contributed by atoms with Crippen molar-refractivity contribution in [3.63, 3.8) is 0 Å². The van der Waals surface area contributed by atoms with Crippen molar-refractivity contribution >= 4 is 21.9 Å². The number of hydrogen-bond donors (Lipinski definition) is 1. The molecule has 72 valence electrons. The lowest BCUT2D eigenvalue weighted by atomic mass is 10.0. The maximum Gasteiger partial charge on any atom is 0.306 e. The molecule has 1 unspecified atom stereocenters. The molecule has 0 saturated carbocycles. The van der Waals surface area contributed by atoms with Crippen LogP contribution in [0.1, 0.15) is 19.1 Å². The van der Waals surface area contributed by atoms with Crippen molar-refractivity contribution in [1.29, 1.82) is 0 Å². The van der Waals surface area contributed by atoms with E-state index in [1.54, 1.807) is 12.1 Å². The van der Waals surface area contributed by atoms with Crippen molar-refractivity contribution in [3.05, 3.63) is 22.6 Å². The Morgan fingerprint density at radius 1 is 1.69 bits per heavy atom. The van der Waals surface area contributed by atoms with Gasteiger partial charge in [-0.1, -0.05) is 6.92 Å². The fourth-order valence-corrected chi connectivity index (χ4v) is 1.45. The molecule has 1 aromatic heterocycles. The number of carboxylic acids is 1. The highest BCUT2D eigenvalue weighted by Crippen LogP contribution is 2.18. The Morgan fingerprint density at radius 2 is 2.38 bits per heavy atom. The highest BCUT2D eigenvalue weighted by atomic mass is 79.9. The van der Waals surface area contributed by atoms with Crippen molar-refractivity contribution in [2.75, 3.05) is 0 Å². The topological polar surface area (TPSA) is 50.4 Å². The van der Waals surface area contributed by atoms with E-state index in [2.05, 4.69) is 15.9 Å². The average Bonchev–Trinajstić information content (AvgIpc) is 2.46. The van der Waals surface area contributed by atoms with Gasteiger partial charge in [0.25, 0.3) is 0 Å². The second kappa shape index (κ2) is 4.46. The predicted octanol–water partition coefficient (Wildman–Crippen LogP) is 2.70. The summed E-state index contributed by atoms with van der Waals surface area (Å²) < 4.78 is 5.86. The van der Waals surface area contributed by atoms with Gasteiger partial charge in [0.2, 0.25) is 0 Å². The summed E-state index contributed by atoms with van der Waals surface area (Å²) in [5.74, 6) is -0.408. The molecule has 0 aliphatic heterocycles. The van der Waals surface area contributed by atoms with E-state index in [0.717, 1.165) is 0 Å². The minimum atomic E-state index is -0.768. The van der Waals surface area contributed by atoms with Crippen LogP contribution in [0, 0.1) is 5.92 Å². The Morgan fingerprint density at radius 3 is 2.77 bits per heavy atom. The first-order valence-electron chi connectivity index (χ1n) is 4.10. The van der Waals surface area contributed by atoms with Gasteiger partial charge in [-0.15, -0.1) is 0 Å². The molecule has 0 bridgehead atoms. The number of rotatable bonds is 4. The van der Waals surface area contributed by atoms with Crippen molar-refractivity contribution < 1.29 is 14.3 Å². The molecule has 1 aromatic rings. The Labute approximate surface area is 84.9 Å². The van der Waals surface area contributed by atoms with Crippen LogP contribution < -0.4 is 0 Å². The van der Waals surface area contributed by atoms with Crippen LogP contribution in [-0.4, -0.2) is 11.1 Å². The summed E-state index contributed by atoms with van der Waals surface area (Å²) in [6, 6.07) is 3.56. The molecule has 1 atom stereocenters.